The summed E-state index contributed by atoms with van der Waals surface area (Å²) in [4.78, 5) is 0. The van der Waals surface area contributed by atoms with Crippen molar-refractivity contribution in [2.45, 2.75) is 18.0 Å². The predicted molar refractivity (Wildman–Crippen MR) is 55.1 cm³/mol. The van der Waals surface area contributed by atoms with Gasteiger partial charge in [0, 0.05) is 17.7 Å². The van der Waals surface area contributed by atoms with Crippen molar-refractivity contribution in [2.24, 2.45) is 0 Å². The summed E-state index contributed by atoms with van der Waals surface area (Å²) in [5.74, 6) is 1.23. The van der Waals surface area contributed by atoms with Gasteiger partial charge in [-0.25, -0.2) is 0 Å². The number of aryl methyl sites for hydroxylation is 1. The minimum Gasteiger partial charge on any atom is -0.258 e. The number of aromatic nitrogens is 2. The van der Waals surface area contributed by atoms with Crippen LogP contribution in [0.1, 0.15) is 6.42 Å². The van der Waals surface area contributed by atoms with Crippen LogP contribution in [0.25, 0.3) is 10.9 Å². The fourth-order valence-electron chi connectivity index (χ4n) is 1.74. The van der Waals surface area contributed by atoms with Gasteiger partial charge in [0.1, 0.15) is 5.03 Å². The van der Waals surface area contributed by atoms with E-state index in [2.05, 4.69) is 28.0 Å². The molecular weight excluding hydrogens is 180 g/mol. The Morgan fingerprint density at radius 3 is 3.23 bits per heavy atom. The van der Waals surface area contributed by atoms with Crippen molar-refractivity contribution in [1.82, 2.24) is 9.78 Å². The Hall–Kier alpha value is -0.960. The second-order valence-corrected chi connectivity index (χ2v) is 4.33. The van der Waals surface area contributed by atoms with Gasteiger partial charge in [-0.05, 0) is 12.5 Å². The van der Waals surface area contributed by atoms with Crippen LogP contribution in [0.15, 0.2) is 29.3 Å². The molecule has 0 spiro atoms. The van der Waals surface area contributed by atoms with Crippen LogP contribution in [0.4, 0.5) is 0 Å². The second-order valence-electron chi connectivity index (χ2n) is 3.25. The lowest BCUT2D eigenvalue weighted by Gasteiger charge is -2.11. The van der Waals surface area contributed by atoms with Crippen LogP contribution in [-0.4, -0.2) is 15.5 Å². The topological polar surface area (TPSA) is 17.8 Å². The van der Waals surface area contributed by atoms with Gasteiger partial charge in [-0.3, -0.25) is 4.68 Å². The molecule has 1 aromatic heterocycles. The van der Waals surface area contributed by atoms with Crippen molar-refractivity contribution in [2.75, 3.05) is 5.75 Å². The summed E-state index contributed by atoms with van der Waals surface area (Å²) in [5.41, 5.74) is 1.13. The summed E-state index contributed by atoms with van der Waals surface area (Å²) in [6.07, 6.45) is 1.24. The summed E-state index contributed by atoms with van der Waals surface area (Å²) in [7, 11) is 0. The molecule has 0 aliphatic carbocycles. The first kappa shape index (κ1) is 7.44. The fourth-order valence-corrected chi connectivity index (χ4v) is 2.82. The molecule has 0 amide bonds. The lowest BCUT2D eigenvalue weighted by molar-refractivity contribution is 0.555. The van der Waals surface area contributed by atoms with E-state index in [1.54, 1.807) is 0 Å². The maximum atomic E-state index is 4.55. The molecule has 13 heavy (non-hydrogen) atoms. The van der Waals surface area contributed by atoms with E-state index in [9.17, 15) is 0 Å². The van der Waals surface area contributed by atoms with Gasteiger partial charge in [0.25, 0.3) is 0 Å². The third kappa shape index (κ3) is 1.07. The molecule has 1 aromatic carbocycles. The van der Waals surface area contributed by atoms with Crippen LogP contribution in [0, 0.1) is 0 Å². The zero-order chi connectivity index (χ0) is 8.67. The van der Waals surface area contributed by atoms with Gasteiger partial charge in [0.2, 0.25) is 0 Å². The third-order valence-electron chi connectivity index (χ3n) is 2.35. The Kier molecular flexibility index (Phi) is 1.59. The van der Waals surface area contributed by atoms with Gasteiger partial charge in [-0.15, -0.1) is 11.8 Å². The zero-order valence-corrected chi connectivity index (χ0v) is 8.05. The molecule has 3 heteroatoms. The molecule has 0 radical (unpaired) electrons. The highest BCUT2D eigenvalue weighted by atomic mass is 32.2. The van der Waals surface area contributed by atoms with Gasteiger partial charge >= 0.3 is 0 Å². The summed E-state index contributed by atoms with van der Waals surface area (Å²) in [6, 6.07) is 8.37. The first-order valence-corrected chi connectivity index (χ1v) is 5.52. The molecule has 0 N–H and O–H groups in total. The Morgan fingerprint density at radius 1 is 1.31 bits per heavy atom. The average molecular weight is 190 g/mol. The average Bonchev–Trinajstić information content (AvgIpc) is 2.56. The molecule has 0 unspecified atom stereocenters. The monoisotopic (exact) mass is 190 g/mol. The molecule has 0 fully saturated rings. The fraction of sp³-hybridized carbons (Fsp3) is 0.300. The van der Waals surface area contributed by atoms with Gasteiger partial charge in [0.05, 0.1) is 5.52 Å². The molecule has 1 aliphatic heterocycles. The number of thioether (sulfide) groups is 1. The lowest BCUT2D eigenvalue weighted by Crippen LogP contribution is -2.07. The van der Waals surface area contributed by atoms with E-state index in [-0.39, 0.29) is 0 Å². The standard InChI is InChI=1S/C10H10N2S/c1-2-5-9-8(4-1)10-12(11-9)6-3-7-13-10/h1-2,4-5H,3,6-7H2. The molecule has 3 rings (SSSR count). The summed E-state index contributed by atoms with van der Waals surface area (Å²) >= 11 is 1.93. The van der Waals surface area contributed by atoms with E-state index >= 15 is 0 Å². The van der Waals surface area contributed by atoms with Crippen molar-refractivity contribution < 1.29 is 0 Å². The SMILES string of the molecule is c1ccc2c3n(nc2c1)CCCS3. The summed E-state index contributed by atoms with van der Waals surface area (Å²) in [5, 5.41) is 7.21. The van der Waals surface area contributed by atoms with Crippen molar-refractivity contribution in [3.8, 4) is 0 Å². The van der Waals surface area contributed by atoms with Gasteiger partial charge in [-0.1, -0.05) is 18.2 Å². The highest BCUT2D eigenvalue weighted by Gasteiger charge is 2.14. The van der Waals surface area contributed by atoms with E-state index in [4.69, 9.17) is 0 Å². The summed E-state index contributed by atoms with van der Waals surface area (Å²) in [6.45, 7) is 1.08. The van der Waals surface area contributed by atoms with E-state index in [1.165, 1.54) is 22.6 Å². The smallest absolute Gasteiger partial charge is 0.102 e. The molecule has 0 saturated carbocycles. The molecule has 0 saturated heterocycles. The molecule has 2 aromatic rings. The van der Waals surface area contributed by atoms with E-state index in [0.717, 1.165) is 12.1 Å². The van der Waals surface area contributed by atoms with Crippen molar-refractivity contribution in [1.29, 1.82) is 0 Å². The molecular formula is C10H10N2S. The van der Waals surface area contributed by atoms with Gasteiger partial charge in [0.15, 0.2) is 0 Å². The molecule has 2 heterocycles. The maximum absolute atomic E-state index is 4.55. The van der Waals surface area contributed by atoms with E-state index in [0.29, 0.717) is 0 Å². The maximum Gasteiger partial charge on any atom is 0.102 e. The van der Waals surface area contributed by atoms with Crippen LogP contribution in [0.5, 0.6) is 0 Å². The van der Waals surface area contributed by atoms with Crippen LogP contribution >= 0.6 is 11.8 Å². The van der Waals surface area contributed by atoms with Gasteiger partial charge in [-0.2, -0.15) is 5.10 Å². The Balaban J connectivity index is 2.34. The second kappa shape index (κ2) is 2.77. The van der Waals surface area contributed by atoms with Crippen LogP contribution < -0.4 is 0 Å². The molecule has 2 nitrogen and oxygen atoms in total. The molecule has 1 aliphatic rings. The Morgan fingerprint density at radius 2 is 2.23 bits per heavy atom. The lowest BCUT2D eigenvalue weighted by atomic mass is 10.3. The first-order valence-electron chi connectivity index (χ1n) is 4.53. The highest BCUT2D eigenvalue weighted by molar-refractivity contribution is 7.99. The quantitative estimate of drug-likeness (QED) is 0.635. The highest BCUT2D eigenvalue weighted by Crippen LogP contribution is 2.31. The number of hydrogen-bond acceptors (Lipinski definition) is 2. The van der Waals surface area contributed by atoms with Gasteiger partial charge < -0.3 is 0 Å². The Labute approximate surface area is 80.9 Å². The molecule has 66 valence electrons. The molecule has 0 bridgehead atoms. The van der Waals surface area contributed by atoms with Crippen LogP contribution in [-0.2, 0) is 6.54 Å². The minimum absolute atomic E-state index is 1.08. The van der Waals surface area contributed by atoms with Crippen molar-refractivity contribution in [3.63, 3.8) is 0 Å². The van der Waals surface area contributed by atoms with Crippen LogP contribution in [0.3, 0.4) is 0 Å². The van der Waals surface area contributed by atoms with E-state index in [1.807, 2.05) is 17.8 Å². The Bertz CT molecular complexity index is 447. The van der Waals surface area contributed by atoms with Crippen molar-refractivity contribution in [3.05, 3.63) is 24.3 Å². The largest absolute Gasteiger partial charge is 0.258 e. The number of fused-ring (bicyclic) bond motifs is 3. The number of benzene rings is 1. The van der Waals surface area contributed by atoms with Crippen LogP contribution in [0.2, 0.25) is 0 Å². The van der Waals surface area contributed by atoms with E-state index < -0.39 is 0 Å². The number of rotatable bonds is 0. The predicted octanol–water partition coefficient (Wildman–Crippen LogP) is 2.53. The zero-order valence-electron chi connectivity index (χ0n) is 7.23. The summed E-state index contributed by atoms with van der Waals surface area (Å²) < 4.78 is 2.14. The normalized spacial score (nSPS) is 16.0. The number of hydrogen-bond donors (Lipinski definition) is 0. The minimum atomic E-state index is 1.08. The third-order valence-corrected chi connectivity index (χ3v) is 3.55. The first-order chi connectivity index (χ1) is 6.45. The molecule has 0 atom stereocenters. The number of nitrogens with zero attached hydrogens (tertiary/aromatic N) is 2. The van der Waals surface area contributed by atoms with Crippen molar-refractivity contribution >= 4 is 22.7 Å².